The van der Waals surface area contributed by atoms with Crippen LogP contribution >= 0.6 is 11.3 Å². The highest BCUT2D eigenvalue weighted by molar-refractivity contribution is 7.15. The standard InChI is InChI=1S/C18H22FN3OS/c1-13(18(20)23)22-10-8-21(9-11-22)12-14-6-7-17(24-14)15-4-2-3-5-16(15)19/h2-7,13H,8-12H2,1H3,(H2,20,23)/t13-/m1/s1. The van der Waals surface area contributed by atoms with E-state index in [0.717, 1.165) is 37.6 Å². The molecule has 1 fully saturated rings. The monoisotopic (exact) mass is 347 g/mol. The van der Waals surface area contributed by atoms with E-state index in [1.54, 1.807) is 17.4 Å². The first-order valence-corrected chi connectivity index (χ1v) is 8.95. The lowest BCUT2D eigenvalue weighted by molar-refractivity contribution is -0.123. The van der Waals surface area contributed by atoms with Gasteiger partial charge in [0.05, 0.1) is 6.04 Å². The number of rotatable bonds is 5. The fraction of sp³-hybridized carbons (Fsp3) is 0.389. The van der Waals surface area contributed by atoms with Gasteiger partial charge in [0.25, 0.3) is 0 Å². The van der Waals surface area contributed by atoms with E-state index in [2.05, 4.69) is 15.9 Å². The molecule has 1 aliphatic heterocycles. The van der Waals surface area contributed by atoms with Crippen molar-refractivity contribution in [3.8, 4) is 10.4 Å². The zero-order valence-corrected chi connectivity index (χ0v) is 14.6. The highest BCUT2D eigenvalue weighted by Crippen LogP contribution is 2.30. The Morgan fingerprint density at radius 2 is 1.92 bits per heavy atom. The van der Waals surface area contributed by atoms with Crippen LogP contribution in [0.5, 0.6) is 0 Å². The van der Waals surface area contributed by atoms with Gasteiger partial charge in [-0.25, -0.2) is 4.39 Å². The molecule has 3 rings (SSSR count). The molecule has 1 atom stereocenters. The second-order valence-corrected chi connectivity index (χ2v) is 7.30. The minimum atomic E-state index is -0.267. The normalized spacial score (nSPS) is 17.8. The van der Waals surface area contributed by atoms with Crippen LogP contribution in [-0.2, 0) is 11.3 Å². The average Bonchev–Trinajstić information content (AvgIpc) is 3.03. The minimum Gasteiger partial charge on any atom is -0.368 e. The summed E-state index contributed by atoms with van der Waals surface area (Å²) in [6.45, 7) is 6.22. The van der Waals surface area contributed by atoms with Crippen LogP contribution in [0, 0.1) is 5.82 Å². The Bertz CT molecular complexity index is 710. The molecule has 1 saturated heterocycles. The molecule has 0 radical (unpaired) electrons. The minimum absolute atomic E-state index is 0.181. The molecule has 0 saturated carbocycles. The molecule has 0 bridgehead atoms. The molecule has 0 spiro atoms. The summed E-state index contributed by atoms with van der Waals surface area (Å²) in [6, 6.07) is 10.7. The summed E-state index contributed by atoms with van der Waals surface area (Å²) in [6.07, 6.45) is 0. The number of amides is 1. The molecule has 2 aromatic rings. The Balaban J connectivity index is 1.59. The van der Waals surface area contributed by atoms with Gasteiger partial charge in [0, 0.05) is 48.0 Å². The molecule has 1 aliphatic rings. The van der Waals surface area contributed by atoms with Gasteiger partial charge >= 0.3 is 0 Å². The van der Waals surface area contributed by atoms with Gasteiger partial charge in [-0.05, 0) is 25.1 Å². The van der Waals surface area contributed by atoms with Crippen molar-refractivity contribution >= 4 is 17.2 Å². The molecule has 1 aromatic carbocycles. The molecule has 0 unspecified atom stereocenters. The molecule has 2 N–H and O–H groups in total. The Hall–Kier alpha value is -1.76. The van der Waals surface area contributed by atoms with Crippen molar-refractivity contribution in [3.63, 3.8) is 0 Å². The highest BCUT2D eigenvalue weighted by Gasteiger charge is 2.24. The van der Waals surface area contributed by atoms with Gasteiger partial charge in [-0.15, -0.1) is 11.3 Å². The van der Waals surface area contributed by atoms with Crippen molar-refractivity contribution in [3.05, 3.63) is 47.1 Å². The predicted octanol–water partition coefficient (Wildman–Crippen LogP) is 2.55. The number of carbonyl (C=O) groups excluding carboxylic acids is 1. The molecule has 6 heteroatoms. The Labute approximate surface area is 145 Å². The van der Waals surface area contributed by atoms with E-state index in [1.165, 1.54) is 10.9 Å². The first-order valence-electron chi connectivity index (χ1n) is 8.14. The van der Waals surface area contributed by atoms with Gasteiger partial charge in [-0.1, -0.05) is 18.2 Å². The van der Waals surface area contributed by atoms with Gasteiger partial charge in [-0.2, -0.15) is 0 Å². The molecule has 1 aromatic heterocycles. The smallest absolute Gasteiger partial charge is 0.234 e. The molecule has 24 heavy (non-hydrogen) atoms. The predicted molar refractivity (Wildman–Crippen MR) is 95.2 cm³/mol. The quantitative estimate of drug-likeness (QED) is 0.904. The van der Waals surface area contributed by atoms with Crippen molar-refractivity contribution in [1.82, 2.24) is 9.80 Å². The Kier molecular flexibility index (Phi) is 5.28. The maximum absolute atomic E-state index is 13.9. The molecule has 2 heterocycles. The summed E-state index contributed by atoms with van der Waals surface area (Å²) in [5.41, 5.74) is 6.03. The summed E-state index contributed by atoms with van der Waals surface area (Å²) in [5.74, 6) is -0.448. The molecule has 1 amide bonds. The van der Waals surface area contributed by atoms with Crippen LogP contribution in [0.25, 0.3) is 10.4 Å². The summed E-state index contributed by atoms with van der Waals surface area (Å²) >= 11 is 1.64. The fourth-order valence-electron chi connectivity index (χ4n) is 2.98. The zero-order valence-electron chi connectivity index (χ0n) is 13.7. The molecular formula is C18H22FN3OS. The number of nitrogens with zero attached hydrogens (tertiary/aromatic N) is 2. The number of hydrogen-bond acceptors (Lipinski definition) is 4. The summed E-state index contributed by atoms with van der Waals surface area (Å²) < 4.78 is 13.9. The van der Waals surface area contributed by atoms with Crippen molar-refractivity contribution < 1.29 is 9.18 Å². The van der Waals surface area contributed by atoms with Gasteiger partial charge in [0.1, 0.15) is 5.82 Å². The van der Waals surface area contributed by atoms with E-state index in [0.29, 0.717) is 5.56 Å². The number of nitrogens with two attached hydrogens (primary N) is 1. The van der Waals surface area contributed by atoms with Gasteiger partial charge < -0.3 is 5.73 Å². The van der Waals surface area contributed by atoms with Crippen LogP contribution in [-0.4, -0.2) is 47.9 Å². The van der Waals surface area contributed by atoms with Gasteiger partial charge in [0.15, 0.2) is 0 Å². The maximum atomic E-state index is 13.9. The number of hydrogen-bond donors (Lipinski definition) is 1. The Morgan fingerprint density at radius 1 is 1.21 bits per heavy atom. The van der Waals surface area contributed by atoms with Crippen molar-refractivity contribution in [1.29, 1.82) is 0 Å². The fourth-order valence-corrected chi connectivity index (χ4v) is 4.06. The van der Waals surface area contributed by atoms with E-state index in [4.69, 9.17) is 5.73 Å². The van der Waals surface area contributed by atoms with E-state index in [-0.39, 0.29) is 17.8 Å². The number of primary amides is 1. The number of halogens is 1. The number of carbonyl (C=O) groups is 1. The second kappa shape index (κ2) is 7.42. The average molecular weight is 347 g/mol. The van der Waals surface area contributed by atoms with E-state index < -0.39 is 0 Å². The second-order valence-electron chi connectivity index (χ2n) is 6.14. The number of benzene rings is 1. The van der Waals surface area contributed by atoms with E-state index in [1.807, 2.05) is 25.1 Å². The van der Waals surface area contributed by atoms with Crippen LogP contribution in [0.2, 0.25) is 0 Å². The van der Waals surface area contributed by atoms with Gasteiger partial charge in [0.2, 0.25) is 5.91 Å². The molecule has 128 valence electrons. The lowest BCUT2D eigenvalue weighted by Crippen LogP contribution is -2.52. The van der Waals surface area contributed by atoms with Gasteiger partial charge in [-0.3, -0.25) is 14.6 Å². The van der Waals surface area contributed by atoms with Crippen molar-refractivity contribution in [2.75, 3.05) is 26.2 Å². The molecule has 0 aliphatic carbocycles. The Morgan fingerprint density at radius 3 is 2.58 bits per heavy atom. The number of thiophene rings is 1. The lowest BCUT2D eigenvalue weighted by Gasteiger charge is -2.36. The lowest BCUT2D eigenvalue weighted by atomic mass is 10.2. The molecular weight excluding hydrogens is 325 g/mol. The van der Waals surface area contributed by atoms with Crippen LogP contribution in [0.4, 0.5) is 4.39 Å². The third-order valence-corrected chi connectivity index (χ3v) is 5.65. The summed E-state index contributed by atoms with van der Waals surface area (Å²) in [5, 5.41) is 0. The first kappa shape index (κ1) is 17.1. The third kappa shape index (κ3) is 3.83. The van der Waals surface area contributed by atoms with E-state index >= 15 is 0 Å². The first-order chi connectivity index (χ1) is 11.5. The largest absolute Gasteiger partial charge is 0.368 e. The molecule has 4 nitrogen and oxygen atoms in total. The van der Waals surface area contributed by atoms with Crippen LogP contribution < -0.4 is 5.73 Å². The van der Waals surface area contributed by atoms with Crippen LogP contribution in [0.15, 0.2) is 36.4 Å². The SMILES string of the molecule is C[C@H](C(N)=O)N1CCN(Cc2ccc(-c3ccccc3F)s2)CC1. The third-order valence-electron chi connectivity index (χ3n) is 4.55. The van der Waals surface area contributed by atoms with Crippen LogP contribution in [0.1, 0.15) is 11.8 Å². The highest BCUT2D eigenvalue weighted by atomic mass is 32.1. The maximum Gasteiger partial charge on any atom is 0.234 e. The van der Waals surface area contributed by atoms with E-state index in [9.17, 15) is 9.18 Å². The van der Waals surface area contributed by atoms with Crippen LogP contribution in [0.3, 0.4) is 0 Å². The summed E-state index contributed by atoms with van der Waals surface area (Å²) in [7, 11) is 0. The van der Waals surface area contributed by atoms with Crippen molar-refractivity contribution in [2.24, 2.45) is 5.73 Å². The topological polar surface area (TPSA) is 49.6 Å². The number of piperazine rings is 1. The summed E-state index contributed by atoms with van der Waals surface area (Å²) in [4.78, 5) is 17.9. The zero-order chi connectivity index (χ0) is 17.1. The van der Waals surface area contributed by atoms with Crippen molar-refractivity contribution in [2.45, 2.75) is 19.5 Å².